The first kappa shape index (κ1) is 14.7. The molecule has 23 heavy (non-hydrogen) atoms. The highest BCUT2D eigenvalue weighted by Crippen LogP contribution is 2.22. The van der Waals surface area contributed by atoms with Crippen LogP contribution in [0.15, 0.2) is 42.6 Å². The maximum atomic E-state index is 13.0. The van der Waals surface area contributed by atoms with Gasteiger partial charge in [-0.2, -0.15) is 19.1 Å². The van der Waals surface area contributed by atoms with E-state index in [1.54, 1.807) is 0 Å². The molecule has 0 aliphatic rings. The number of benzene rings is 1. The molecular formula is C15H8F3N5. The lowest BCUT2D eigenvalue weighted by Gasteiger charge is -2.04. The van der Waals surface area contributed by atoms with Gasteiger partial charge in [0.05, 0.1) is 5.69 Å². The van der Waals surface area contributed by atoms with Gasteiger partial charge in [-0.1, -0.05) is 0 Å². The monoisotopic (exact) mass is 315 g/mol. The van der Waals surface area contributed by atoms with E-state index in [2.05, 4.69) is 15.1 Å². The number of halogens is 3. The minimum atomic E-state index is -2.78. The third-order valence-electron chi connectivity index (χ3n) is 3.02. The van der Waals surface area contributed by atoms with E-state index in [1.807, 2.05) is 6.07 Å². The summed E-state index contributed by atoms with van der Waals surface area (Å²) in [4.78, 5) is 8.19. The molecule has 0 aliphatic carbocycles. The molecule has 1 aromatic carbocycles. The van der Waals surface area contributed by atoms with Gasteiger partial charge in [-0.05, 0) is 30.3 Å². The fraction of sp³-hybridized carbons (Fsp3) is 0.0667. The Hall–Kier alpha value is -3.21. The summed E-state index contributed by atoms with van der Waals surface area (Å²) in [6.45, 7) is -2.78. The van der Waals surface area contributed by atoms with Crippen molar-refractivity contribution >= 4 is 0 Å². The number of nitrogens with zero attached hydrogens (tertiary/aromatic N) is 5. The van der Waals surface area contributed by atoms with Gasteiger partial charge < -0.3 is 0 Å². The molecule has 2 aromatic heterocycles. The van der Waals surface area contributed by atoms with Crippen molar-refractivity contribution in [1.82, 2.24) is 19.7 Å². The Bertz CT molecular complexity index is 881. The predicted octanol–water partition coefficient (Wildman–Crippen LogP) is 3.41. The molecule has 8 heteroatoms. The second-order valence-corrected chi connectivity index (χ2v) is 4.54. The summed E-state index contributed by atoms with van der Waals surface area (Å²) in [6.07, 6.45) is 1.10. The second kappa shape index (κ2) is 5.88. The molecule has 0 saturated carbocycles. The molecule has 0 radical (unpaired) electrons. The summed E-state index contributed by atoms with van der Waals surface area (Å²) in [5, 5.41) is 12.7. The van der Waals surface area contributed by atoms with Crippen LogP contribution in [0.25, 0.3) is 22.8 Å². The normalized spacial score (nSPS) is 10.7. The number of hydrogen-bond acceptors (Lipinski definition) is 4. The third kappa shape index (κ3) is 3.03. The van der Waals surface area contributed by atoms with Crippen LogP contribution >= 0.6 is 0 Å². The van der Waals surface area contributed by atoms with Crippen LogP contribution in [-0.4, -0.2) is 19.7 Å². The first-order chi connectivity index (χ1) is 11.1. The second-order valence-electron chi connectivity index (χ2n) is 4.54. The largest absolute Gasteiger partial charge is 0.333 e. The maximum absolute atomic E-state index is 13.0. The standard InChI is InChI=1S/C15H8F3N5/c16-10-3-1-9(2-4-10)13-7-11(8-19)20-14(21-13)12-5-6-23(22-12)15(17)18/h1-7,15H. The van der Waals surface area contributed by atoms with Crippen LogP contribution in [0.1, 0.15) is 12.2 Å². The maximum Gasteiger partial charge on any atom is 0.333 e. The average molecular weight is 315 g/mol. The van der Waals surface area contributed by atoms with Crippen molar-refractivity contribution in [3.8, 4) is 28.8 Å². The quantitative estimate of drug-likeness (QED) is 0.743. The highest BCUT2D eigenvalue weighted by molar-refractivity contribution is 5.63. The molecule has 0 bridgehead atoms. The smallest absolute Gasteiger partial charge is 0.226 e. The fourth-order valence-corrected chi connectivity index (χ4v) is 1.95. The minimum absolute atomic E-state index is 0.0442. The molecular weight excluding hydrogens is 307 g/mol. The van der Waals surface area contributed by atoms with Gasteiger partial charge in [0.2, 0.25) is 0 Å². The molecule has 0 saturated heterocycles. The van der Waals surface area contributed by atoms with E-state index < -0.39 is 12.4 Å². The van der Waals surface area contributed by atoms with Gasteiger partial charge in [0.15, 0.2) is 5.82 Å². The molecule has 5 nitrogen and oxygen atoms in total. The van der Waals surface area contributed by atoms with Gasteiger partial charge in [-0.15, -0.1) is 0 Å². The lowest BCUT2D eigenvalue weighted by atomic mass is 10.1. The topological polar surface area (TPSA) is 67.4 Å². The first-order valence-electron chi connectivity index (χ1n) is 6.45. The van der Waals surface area contributed by atoms with Crippen LogP contribution in [0.2, 0.25) is 0 Å². The van der Waals surface area contributed by atoms with Crippen molar-refractivity contribution in [2.24, 2.45) is 0 Å². The van der Waals surface area contributed by atoms with Gasteiger partial charge in [0.1, 0.15) is 23.3 Å². The molecule has 3 aromatic rings. The zero-order valence-corrected chi connectivity index (χ0v) is 11.5. The van der Waals surface area contributed by atoms with Gasteiger partial charge in [0, 0.05) is 17.8 Å². The lowest BCUT2D eigenvalue weighted by Crippen LogP contribution is -2.00. The van der Waals surface area contributed by atoms with Crippen molar-refractivity contribution in [3.05, 3.63) is 54.1 Å². The Morgan fingerprint density at radius 3 is 2.39 bits per heavy atom. The lowest BCUT2D eigenvalue weighted by molar-refractivity contribution is 0.0568. The van der Waals surface area contributed by atoms with E-state index in [9.17, 15) is 13.2 Å². The van der Waals surface area contributed by atoms with Gasteiger partial charge >= 0.3 is 6.55 Å². The minimum Gasteiger partial charge on any atom is -0.226 e. The zero-order chi connectivity index (χ0) is 16.4. The summed E-state index contributed by atoms with van der Waals surface area (Å²) in [7, 11) is 0. The van der Waals surface area contributed by atoms with Crippen LogP contribution in [0.5, 0.6) is 0 Å². The van der Waals surface area contributed by atoms with Gasteiger partial charge in [-0.25, -0.2) is 19.0 Å². The molecule has 0 amide bonds. The number of rotatable bonds is 3. The Balaban J connectivity index is 2.09. The molecule has 0 N–H and O–H groups in total. The van der Waals surface area contributed by atoms with E-state index in [-0.39, 0.29) is 17.2 Å². The molecule has 0 atom stereocenters. The average Bonchev–Trinajstić information content (AvgIpc) is 3.05. The van der Waals surface area contributed by atoms with Gasteiger partial charge in [0.25, 0.3) is 0 Å². The Kier molecular flexibility index (Phi) is 3.76. The number of aromatic nitrogens is 4. The molecule has 0 unspecified atom stereocenters. The van der Waals surface area contributed by atoms with Crippen LogP contribution in [0, 0.1) is 17.1 Å². The van der Waals surface area contributed by atoms with Gasteiger partial charge in [-0.3, -0.25) is 0 Å². The van der Waals surface area contributed by atoms with E-state index >= 15 is 0 Å². The van der Waals surface area contributed by atoms with Crippen LogP contribution in [0.4, 0.5) is 13.2 Å². The summed E-state index contributed by atoms with van der Waals surface area (Å²) >= 11 is 0. The third-order valence-corrected chi connectivity index (χ3v) is 3.02. The van der Waals surface area contributed by atoms with Crippen LogP contribution in [-0.2, 0) is 0 Å². The van der Waals surface area contributed by atoms with Crippen molar-refractivity contribution in [2.45, 2.75) is 6.55 Å². The van der Waals surface area contributed by atoms with Crippen molar-refractivity contribution in [1.29, 1.82) is 5.26 Å². The predicted molar refractivity (Wildman–Crippen MR) is 74.6 cm³/mol. The Labute approximate surface area is 128 Å². The SMILES string of the molecule is N#Cc1cc(-c2ccc(F)cc2)nc(-c2ccn(C(F)F)n2)n1. The van der Waals surface area contributed by atoms with Crippen molar-refractivity contribution < 1.29 is 13.2 Å². The fourth-order valence-electron chi connectivity index (χ4n) is 1.95. The Morgan fingerprint density at radius 1 is 1.04 bits per heavy atom. The number of hydrogen-bond donors (Lipinski definition) is 0. The van der Waals surface area contributed by atoms with E-state index in [4.69, 9.17) is 5.26 Å². The van der Waals surface area contributed by atoms with E-state index in [0.717, 1.165) is 6.20 Å². The zero-order valence-electron chi connectivity index (χ0n) is 11.5. The molecule has 2 heterocycles. The highest BCUT2D eigenvalue weighted by Gasteiger charge is 2.13. The summed E-state index contributed by atoms with van der Waals surface area (Å²) in [6, 6.07) is 10.2. The molecule has 0 aliphatic heterocycles. The van der Waals surface area contributed by atoms with Crippen molar-refractivity contribution in [2.75, 3.05) is 0 Å². The molecule has 114 valence electrons. The van der Waals surface area contributed by atoms with Crippen LogP contribution < -0.4 is 0 Å². The van der Waals surface area contributed by atoms with E-state index in [1.165, 1.54) is 36.4 Å². The van der Waals surface area contributed by atoms with E-state index in [0.29, 0.717) is 15.9 Å². The number of nitriles is 1. The summed E-state index contributed by atoms with van der Waals surface area (Å²) in [5.41, 5.74) is 1.12. The first-order valence-corrected chi connectivity index (χ1v) is 6.45. The molecule has 0 spiro atoms. The summed E-state index contributed by atoms with van der Waals surface area (Å²) in [5.74, 6) is -0.359. The Morgan fingerprint density at radius 2 is 1.78 bits per heavy atom. The van der Waals surface area contributed by atoms with Crippen molar-refractivity contribution in [3.63, 3.8) is 0 Å². The van der Waals surface area contributed by atoms with Crippen LogP contribution in [0.3, 0.4) is 0 Å². The molecule has 3 rings (SSSR count). The summed E-state index contributed by atoms with van der Waals surface area (Å²) < 4.78 is 38.7. The highest BCUT2D eigenvalue weighted by atomic mass is 19.3. The number of alkyl halides is 2. The molecule has 0 fully saturated rings.